The van der Waals surface area contributed by atoms with Crippen molar-refractivity contribution in [3.8, 4) is 11.4 Å². The van der Waals surface area contributed by atoms with Crippen LogP contribution in [-0.2, 0) is 11.3 Å². The monoisotopic (exact) mass is 439 g/mol. The summed E-state index contributed by atoms with van der Waals surface area (Å²) in [6.07, 6.45) is 7.55. The Morgan fingerprint density at radius 2 is 1.84 bits per heavy atom. The molecule has 0 radical (unpaired) electrons. The van der Waals surface area contributed by atoms with Gasteiger partial charge in [-0.3, -0.25) is 4.90 Å². The molecule has 9 heteroatoms. The summed E-state index contributed by atoms with van der Waals surface area (Å²) in [7, 11) is 4.46. The fraction of sp³-hybridized carbons (Fsp3) is 0.545. The Morgan fingerprint density at radius 3 is 2.58 bits per heavy atom. The van der Waals surface area contributed by atoms with Crippen LogP contribution < -0.4 is 4.90 Å². The molecule has 2 saturated heterocycles. The fourth-order valence-corrected chi connectivity index (χ4v) is 5.56. The molecule has 0 N–H and O–H groups in total. The molecular weight excluding hydrogens is 410 g/mol. The molecular formula is C22H29N7OS. The maximum atomic E-state index is 5.57. The molecule has 0 bridgehead atoms. The number of rotatable bonds is 5. The molecule has 2 aliphatic rings. The molecule has 31 heavy (non-hydrogen) atoms. The first-order chi connectivity index (χ1) is 15.2. The Labute approximate surface area is 186 Å². The van der Waals surface area contributed by atoms with Crippen LogP contribution in [0.3, 0.4) is 0 Å². The third-order valence-electron chi connectivity index (χ3n) is 6.25. The summed E-state index contributed by atoms with van der Waals surface area (Å²) < 4.78 is 6.73. The van der Waals surface area contributed by atoms with Gasteiger partial charge in [0.05, 0.1) is 29.0 Å². The van der Waals surface area contributed by atoms with Crippen molar-refractivity contribution in [2.24, 2.45) is 0 Å². The third kappa shape index (κ3) is 4.55. The molecule has 0 aliphatic carbocycles. The average molecular weight is 440 g/mol. The second kappa shape index (κ2) is 9.12. The van der Waals surface area contributed by atoms with Gasteiger partial charge in [0.2, 0.25) is 0 Å². The quantitative estimate of drug-likeness (QED) is 0.601. The number of hydrogen-bond donors (Lipinski definition) is 0. The second-order valence-electron chi connectivity index (χ2n) is 8.47. The zero-order valence-corrected chi connectivity index (χ0v) is 19.0. The van der Waals surface area contributed by atoms with E-state index < -0.39 is 0 Å². The number of thiophene rings is 1. The number of anilines is 1. The fourth-order valence-electron chi connectivity index (χ4n) is 4.39. The van der Waals surface area contributed by atoms with Crippen LogP contribution in [0.25, 0.3) is 21.6 Å². The number of fused-ring (bicyclic) bond motifs is 1. The molecule has 0 amide bonds. The number of piperidine rings is 1. The molecule has 0 unspecified atom stereocenters. The first-order valence-electron chi connectivity index (χ1n) is 10.9. The zero-order chi connectivity index (χ0) is 21.2. The van der Waals surface area contributed by atoms with Crippen molar-refractivity contribution in [3.05, 3.63) is 29.7 Å². The van der Waals surface area contributed by atoms with Crippen molar-refractivity contribution in [1.29, 1.82) is 0 Å². The van der Waals surface area contributed by atoms with Crippen LogP contribution in [0.4, 0.5) is 5.82 Å². The van der Waals surface area contributed by atoms with E-state index in [0.717, 1.165) is 54.4 Å². The van der Waals surface area contributed by atoms with E-state index in [4.69, 9.17) is 14.7 Å². The minimum atomic E-state index is 0.642. The normalized spacial score (nSPS) is 18.9. The van der Waals surface area contributed by atoms with Gasteiger partial charge in [-0.1, -0.05) is 0 Å². The topological polar surface area (TPSA) is 70.5 Å². The van der Waals surface area contributed by atoms with E-state index in [-0.39, 0.29) is 0 Å². The van der Waals surface area contributed by atoms with Gasteiger partial charge in [0, 0.05) is 42.9 Å². The van der Waals surface area contributed by atoms with Crippen LogP contribution in [-0.4, -0.2) is 89.3 Å². The van der Waals surface area contributed by atoms with Gasteiger partial charge < -0.3 is 14.5 Å². The highest BCUT2D eigenvalue weighted by Gasteiger charge is 2.23. The summed E-state index contributed by atoms with van der Waals surface area (Å²) in [6, 6.07) is 2.88. The second-order valence-corrected chi connectivity index (χ2v) is 9.61. The molecule has 3 aromatic rings. The van der Waals surface area contributed by atoms with E-state index in [1.807, 2.05) is 11.3 Å². The molecule has 0 atom stereocenters. The van der Waals surface area contributed by atoms with Gasteiger partial charge in [-0.25, -0.2) is 19.9 Å². The van der Waals surface area contributed by atoms with Gasteiger partial charge in [-0.2, -0.15) is 0 Å². The molecule has 0 aromatic carbocycles. The lowest BCUT2D eigenvalue weighted by molar-refractivity contribution is 0.122. The van der Waals surface area contributed by atoms with E-state index >= 15 is 0 Å². The van der Waals surface area contributed by atoms with Gasteiger partial charge in [-0.05, 0) is 46.1 Å². The number of aromatic nitrogens is 4. The molecule has 0 spiro atoms. The Bertz CT molecular complexity index is 1010. The van der Waals surface area contributed by atoms with Crippen molar-refractivity contribution in [2.75, 3.05) is 58.4 Å². The Morgan fingerprint density at radius 1 is 1.10 bits per heavy atom. The molecule has 0 saturated carbocycles. The van der Waals surface area contributed by atoms with E-state index in [0.29, 0.717) is 11.9 Å². The summed E-state index contributed by atoms with van der Waals surface area (Å²) >= 11 is 1.82. The van der Waals surface area contributed by atoms with Crippen molar-refractivity contribution in [1.82, 2.24) is 29.7 Å². The van der Waals surface area contributed by atoms with Crippen LogP contribution >= 0.6 is 11.3 Å². The number of morpholine rings is 1. The zero-order valence-electron chi connectivity index (χ0n) is 18.2. The van der Waals surface area contributed by atoms with Crippen LogP contribution in [0.2, 0.25) is 0 Å². The summed E-state index contributed by atoms with van der Waals surface area (Å²) in [5.41, 5.74) is 1.85. The van der Waals surface area contributed by atoms with Gasteiger partial charge >= 0.3 is 0 Å². The van der Waals surface area contributed by atoms with Gasteiger partial charge in [0.15, 0.2) is 11.6 Å². The van der Waals surface area contributed by atoms with Crippen LogP contribution in [0.1, 0.15) is 17.7 Å². The SMILES string of the molecule is CN1CCC(N(C)Cc2cc3nc(-c4cncnc4)nc(N4CCOCC4)c3s2)CC1. The molecule has 2 fully saturated rings. The standard InChI is InChI=1S/C22H29N7OS/c1-27-5-3-17(4-6-27)28(2)14-18-11-19-20(31-18)22(29-7-9-30-10-8-29)26-21(25-19)16-12-23-15-24-13-16/h11-13,15,17H,3-10,14H2,1-2H3. The summed E-state index contributed by atoms with van der Waals surface area (Å²) in [6.45, 7) is 6.45. The Balaban J connectivity index is 1.47. The first-order valence-corrected chi connectivity index (χ1v) is 11.8. The summed E-state index contributed by atoms with van der Waals surface area (Å²) in [5, 5.41) is 0. The number of ether oxygens (including phenoxy) is 1. The molecule has 164 valence electrons. The lowest BCUT2D eigenvalue weighted by Gasteiger charge is -2.34. The third-order valence-corrected chi connectivity index (χ3v) is 7.36. The smallest absolute Gasteiger partial charge is 0.165 e. The van der Waals surface area contributed by atoms with Crippen molar-refractivity contribution >= 4 is 27.4 Å². The predicted molar refractivity (Wildman–Crippen MR) is 123 cm³/mol. The lowest BCUT2D eigenvalue weighted by Crippen LogP contribution is -2.41. The highest BCUT2D eigenvalue weighted by atomic mass is 32.1. The number of likely N-dealkylation sites (tertiary alicyclic amines) is 1. The summed E-state index contributed by atoms with van der Waals surface area (Å²) in [4.78, 5) is 26.7. The van der Waals surface area contributed by atoms with Crippen LogP contribution in [0.5, 0.6) is 0 Å². The highest BCUT2D eigenvalue weighted by Crippen LogP contribution is 2.35. The molecule has 3 aromatic heterocycles. The maximum absolute atomic E-state index is 5.57. The first kappa shape index (κ1) is 20.7. The van der Waals surface area contributed by atoms with Crippen LogP contribution in [0.15, 0.2) is 24.8 Å². The van der Waals surface area contributed by atoms with Gasteiger partial charge in [-0.15, -0.1) is 11.3 Å². The minimum absolute atomic E-state index is 0.642. The summed E-state index contributed by atoms with van der Waals surface area (Å²) in [5.74, 6) is 1.69. The Kier molecular flexibility index (Phi) is 6.08. The largest absolute Gasteiger partial charge is 0.378 e. The van der Waals surface area contributed by atoms with Crippen molar-refractivity contribution in [3.63, 3.8) is 0 Å². The number of hydrogen-bond acceptors (Lipinski definition) is 9. The minimum Gasteiger partial charge on any atom is -0.378 e. The lowest BCUT2D eigenvalue weighted by atomic mass is 10.0. The van der Waals surface area contributed by atoms with E-state index in [1.54, 1.807) is 12.4 Å². The average Bonchev–Trinajstić information content (AvgIpc) is 3.22. The predicted octanol–water partition coefficient (Wildman–Crippen LogP) is 2.51. The molecule has 5 rings (SSSR count). The highest BCUT2D eigenvalue weighted by molar-refractivity contribution is 7.19. The van der Waals surface area contributed by atoms with Gasteiger partial charge in [0.1, 0.15) is 6.33 Å². The molecule has 2 aliphatic heterocycles. The molecule has 5 heterocycles. The van der Waals surface area contributed by atoms with Crippen molar-refractivity contribution < 1.29 is 4.74 Å². The van der Waals surface area contributed by atoms with Gasteiger partial charge in [0.25, 0.3) is 0 Å². The van der Waals surface area contributed by atoms with E-state index in [2.05, 4.69) is 44.8 Å². The van der Waals surface area contributed by atoms with E-state index in [1.165, 1.54) is 37.1 Å². The molecule has 8 nitrogen and oxygen atoms in total. The maximum Gasteiger partial charge on any atom is 0.165 e. The number of nitrogens with zero attached hydrogens (tertiary/aromatic N) is 7. The van der Waals surface area contributed by atoms with E-state index in [9.17, 15) is 0 Å². The van der Waals surface area contributed by atoms with Crippen molar-refractivity contribution in [2.45, 2.75) is 25.4 Å². The van der Waals surface area contributed by atoms with Crippen LogP contribution in [0, 0.1) is 0 Å². The Hall–Kier alpha value is -2.20.